The molecule has 2 amide bonds. The molecule has 2 unspecified atom stereocenters. The van der Waals surface area contributed by atoms with Crippen molar-refractivity contribution in [1.29, 1.82) is 0 Å². The average molecular weight is 1070 g/mol. The Morgan fingerprint density at radius 3 is 1.40 bits per heavy atom. The number of carbonyl (C=O) groups is 4. The first-order valence-corrected chi connectivity index (χ1v) is 23.5. The summed E-state index contributed by atoms with van der Waals surface area (Å²) in [5.74, 6) is -1.01. The number of hydrogen-bond acceptors (Lipinski definition) is 22. The Kier molecular flexibility index (Phi) is 17.5. The van der Waals surface area contributed by atoms with Crippen molar-refractivity contribution in [2.45, 2.75) is 128 Å². The van der Waals surface area contributed by atoms with E-state index in [-0.39, 0.29) is 98.4 Å². The second-order valence-electron chi connectivity index (χ2n) is 14.9. The van der Waals surface area contributed by atoms with Crippen molar-refractivity contribution in [3.8, 4) is 0 Å². The van der Waals surface area contributed by atoms with Crippen LogP contribution in [-0.2, 0) is 65.4 Å². The van der Waals surface area contributed by atoms with Crippen LogP contribution in [0, 0.1) is 0 Å². The van der Waals surface area contributed by atoms with Crippen LogP contribution in [0.4, 0.5) is 11.6 Å². The van der Waals surface area contributed by atoms with E-state index in [4.69, 9.17) is 37.0 Å². The first-order valence-electron chi connectivity index (χ1n) is 20.6. The fourth-order valence-corrected chi connectivity index (χ4v) is 9.15. The molecule has 0 saturated carbocycles. The number of carbonyl (C=O) groups excluding carboxylic acids is 4. The molecule has 4 aliphatic rings. The molecule has 4 aromatic heterocycles. The van der Waals surface area contributed by atoms with Gasteiger partial charge in [0, 0.05) is 25.7 Å². The Hall–Kier alpha value is -3.31. The minimum atomic E-state index is -4.55. The van der Waals surface area contributed by atoms with Crippen molar-refractivity contribution in [3.63, 3.8) is 0 Å². The predicted octanol–water partition coefficient (Wildman–Crippen LogP) is 1.74. The molecule has 65 heavy (non-hydrogen) atoms. The van der Waals surface area contributed by atoms with Crippen LogP contribution >= 0.6 is 15.6 Å². The number of ether oxygens (including phenoxy) is 4. The molecule has 348 valence electrons. The average Bonchev–Trinajstić information content (AvgIpc) is 4.02. The standard InChI is InChI=1S/2C18H24N5O8P.Ba/c2*1-3-5-11(24)22-16-13-17(20-8-19-16)23(9-21-13)18-15(30-12(25)6-4-2)14-10(29-18)7-28-32(26,27)31-14;/h2*8-10,14-15,18H,3-7H2,1-2H3,(H,26,27)(H,19,20,22,24);/q;;+2/p-2/t2*10-,14-,15-,18-;/m11./s1. The van der Waals surface area contributed by atoms with Crippen LogP contribution in [0.15, 0.2) is 25.3 Å². The van der Waals surface area contributed by atoms with Crippen LogP contribution < -0.4 is 20.4 Å². The van der Waals surface area contributed by atoms with Gasteiger partial charge in [0.05, 0.1) is 25.9 Å². The Morgan fingerprint density at radius 2 is 1.03 bits per heavy atom. The summed E-state index contributed by atoms with van der Waals surface area (Å²) in [6.07, 6.45) is 0.808. The first-order chi connectivity index (χ1) is 30.6. The Labute approximate surface area is 410 Å². The summed E-state index contributed by atoms with van der Waals surface area (Å²) in [5.41, 5.74) is 1.22. The van der Waals surface area contributed by atoms with E-state index in [1.807, 2.05) is 27.7 Å². The molecule has 29 heteroatoms. The summed E-state index contributed by atoms with van der Waals surface area (Å²) in [6.45, 7) is 6.85. The van der Waals surface area contributed by atoms with E-state index in [9.17, 15) is 38.1 Å². The Morgan fingerprint density at radius 1 is 0.646 bits per heavy atom. The molecular formula is C36H46BaN10O16P2. The number of amides is 2. The summed E-state index contributed by atoms with van der Waals surface area (Å²) in [6, 6.07) is 0. The van der Waals surface area contributed by atoms with Gasteiger partial charge in [-0.05, 0) is 25.7 Å². The van der Waals surface area contributed by atoms with E-state index in [1.165, 1.54) is 34.4 Å². The number of nitrogens with zero attached hydrogens (tertiary/aromatic N) is 8. The summed E-state index contributed by atoms with van der Waals surface area (Å²) < 4.78 is 69.4. The molecule has 0 aliphatic carbocycles. The van der Waals surface area contributed by atoms with Gasteiger partial charge in [0.1, 0.15) is 37.1 Å². The molecule has 4 fully saturated rings. The van der Waals surface area contributed by atoms with Crippen LogP contribution in [0.25, 0.3) is 22.3 Å². The summed E-state index contributed by atoms with van der Waals surface area (Å²) in [5, 5.41) is 5.39. The quantitative estimate of drug-likeness (QED) is 0.103. The van der Waals surface area contributed by atoms with Crippen LogP contribution in [0.1, 0.15) is 91.5 Å². The zero-order valence-electron chi connectivity index (χ0n) is 35.7. The smallest absolute Gasteiger partial charge is 0.756 e. The third kappa shape index (κ3) is 11.9. The zero-order valence-corrected chi connectivity index (χ0v) is 41.9. The first kappa shape index (κ1) is 51.1. The number of aromatic nitrogens is 8. The fraction of sp³-hybridized carbons (Fsp3) is 0.611. The normalized spacial score (nSPS) is 29.1. The molecule has 4 saturated heterocycles. The van der Waals surface area contributed by atoms with Gasteiger partial charge in [-0.25, -0.2) is 29.9 Å². The van der Waals surface area contributed by atoms with Gasteiger partial charge in [-0.3, -0.25) is 37.4 Å². The minimum absolute atomic E-state index is 0. The largest absolute Gasteiger partial charge is 2.00 e. The van der Waals surface area contributed by atoms with Crippen molar-refractivity contribution in [2.24, 2.45) is 0 Å². The Balaban J connectivity index is 0.000000212. The number of phosphoric acid groups is 2. The molecular weight excluding hydrogens is 1030 g/mol. The van der Waals surface area contributed by atoms with E-state index in [0.717, 1.165) is 0 Å². The monoisotopic (exact) mass is 1070 g/mol. The molecule has 0 bridgehead atoms. The summed E-state index contributed by atoms with van der Waals surface area (Å²) >= 11 is 0. The minimum Gasteiger partial charge on any atom is -0.756 e. The molecule has 2 N–H and O–H groups in total. The van der Waals surface area contributed by atoms with Crippen LogP contribution in [0.2, 0.25) is 0 Å². The number of fused-ring (bicyclic) bond motifs is 4. The second-order valence-corrected chi connectivity index (χ2v) is 17.6. The van der Waals surface area contributed by atoms with Gasteiger partial charge in [-0.15, -0.1) is 0 Å². The molecule has 8 heterocycles. The van der Waals surface area contributed by atoms with Gasteiger partial charge in [0.25, 0.3) is 15.6 Å². The molecule has 0 aromatic carbocycles. The van der Waals surface area contributed by atoms with E-state index in [1.54, 1.807) is 0 Å². The maximum Gasteiger partial charge on any atom is 2.00 e. The van der Waals surface area contributed by atoms with Crippen LogP contribution in [0.5, 0.6) is 0 Å². The van der Waals surface area contributed by atoms with Gasteiger partial charge in [0.15, 0.2) is 58.6 Å². The molecule has 4 aliphatic heterocycles. The van der Waals surface area contributed by atoms with Crippen molar-refractivity contribution in [2.75, 3.05) is 23.8 Å². The van der Waals surface area contributed by atoms with Crippen molar-refractivity contribution >= 4 is 122 Å². The van der Waals surface area contributed by atoms with E-state index in [2.05, 4.69) is 40.5 Å². The summed E-state index contributed by atoms with van der Waals surface area (Å²) in [4.78, 5) is 97.4. The van der Waals surface area contributed by atoms with Gasteiger partial charge < -0.3 is 57.5 Å². The van der Waals surface area contributed by atoms with Crippen molar-refractivity contribution in [3.05, 3.63) is 25.3 Å². The maximum atomic E-state index is 12.2. The van der Waals surface area contributed by atoms with Gasteiger partial charge >= 0.3 is 60.8 Å². The van der Waals surface area contributed by atoms with Gasteiger partial charge in [0.2, 0.25) is 11.8 Å². The molecule has 8 rings (SSSR count). The number of imidazole rings is 2. The summed E-state index contributed by atoms with van der Waals surface area (Å²) in [7, 11) is -9.11. The van der Waals surface area contributed by atoms with Crippen LogP contribution in [0.3, 0.4) is 0 Å². The van der Waals surface area contributed by atoms with Crippen LogP contribution in [-0.4, -0.2) is 162 Å². The molecule has 0 spiro atoms. The molecule has 26 nitrogen and oxygen atoms in total. The SMILES string of the molecule is CCCC(=O)Nc1ncnc2c1ncn2[C@@H]1O[C@@H]2COP(=O)([O-])O[C@H]2[C@H]1OC(=O)CCC.CCCC(=O)Nc1ncnc2c1ncn2[C@@H]1O[C@@H]2COP(=O)([O-])O[C@H]2[C@H]1OC(=O)CCC.[Ba+2]. The number of nitrogens with one attached hydrogen (secondary N) is 2. The van der Waals surface area contributed by atoms with E-state index < -0.39 is 76.7 Å². The zero-order chi connectivity index (χ0) is 45.8. The molecule has 10 atom stereocenters. The predicted molar refractivity (Wildman–Crippen MR) is 218 cm³/mol. The van der Waals surface area contributed by atoms with Crippen molar-refractivity contribution in [1.82, 2.24) is 39.0 Å². The number of hydrogen-bond donors (Lipinski definition) is 2. The third-order valence-corrected chi connectivity index (χ3v) is 12.0. The maximum absolute atomic E-state index is 12.2. The fourth-order valence-electron chi connectivity index (χ4n) is 7.26. The molecule has 4 aromatic rings. The Bertz CT molecular complexity index is 2300. The van der Waals surface area contributed by atoms with Gasteiger partial charge in [-0.1, -0.05) is 27.7 Å². The van der Waals surface area contributed by atoms with Crippen molar-refractivity contribution < 1.29 is 75.1 Å². The number of phosphoric ester groups is 2. The number of rotatable bonds is 14. The third-order valence-electron chi connectivity index (χ3n) is 10.0. The van der Waals surface area contributed by atoms with E-state index in [0.29, 0.717) is 60.9 Å². The van der Waals surface area contributed by atoms with Gasteiger partial charge in [-0.2, -0.15) is 0 Å². The second kappa shape index (κ2) is 22.2. The number of esters is 2. The topological polar surface area (TPSA) is 334 Å². The van der Waals surface area contributed by atoms with E-state index >= 15 is 0 Å². The molecule has 0 radical (unpaired) electrons. The number of anilines is 2.